The fourth-order valence-electron chi connectivity index (χ4n) is 2.09. The number of nitrogens with two attached hydrogens (primary N) is 1. The number of anilines is 1. The van der Waals surface area contributed by atoms with Gasteiger partial charge in [0.05, 0.1) is 6.20 Å². The molecule has 0 aliphatic carbocycles. The molecule has 3 aromatic rings. The second-order valence-electron chi connectivity index (χ2n) is 5.04. The standard InChI is InChI=1S/C17H16N4O2/c18-16-7-6-14(8-19-16)15-9-20-21(10-15)11-17(22)23-12-13-4-2-1-3-5-13/h1-10H,11-12H2,(H2,18,19). The third kappa shape index (κ3) is 3.94. The fraction of sp³-hybridized carbons (Fsp3) is 0.118. The van der Waals surface area contributed by atoms with Crippen molar-refractivity contribution in [1.29, 1.82) is 0 Å². The van der Waals surface area contributed by atoms with Gasteiger partial charge >= 0.3 is 5.97 Å². The minimum atomic E-state index is -0.334. The Hall–Kier alpha value is -3.15. The van der Waals surface area contributed by atoms with E-state index < -0.39 is 0 Å². The highest BCUT2D eigenvalue weighted by atomic mass is 16.5. The summed E-state index contributed by atoms with van der Waals surface area (Å²) in [5.74, 6) is 0.129. The Labute approximate surface area is 133 Å². The topological polar surface area (TPSA) is 83.0 Å². The van der Waals surface area contributed by atoms with Crippen molar-refractivity contribution in [3.05, 3.63) is 66.6 Å². The molecule has 23 heavy (non-hydrogen) atoms. The van der Waals surface area contributed by atoms with Gasteiger partial charge in [-0.15, -0.1) is 0 Å². The molecule has 6 heteroatoms. The predicted molar refractivity (Wildman–Crippen MR) is 86.1 cm³/mol. The van der Waals surface area contributed by atoms with Gasteiger partial charge in [-0.05, 0) is 17.7 Å². The van der Waals surface area contributed by atoms with Gasteiger partial charge in [0.2, 0.25) is 0 Å². The molecule has 2 heterocycles. The number of carbonyl (C=O) groups is 1. The Balaban J connectivity index is 1.58. The third-order valence-electron chi connectivity index (χ3n) is 3.29. The third-order valence-corrected chi connectivity index (χ3v) is 3.29. The van der Waals surface area contributed by atoms with Crippen LogP contribution in [0.5, 0.6) is 0 Å². The summed E-state index contributed by atoms with van der Waals surface area (Å²) < 4.78 is 6.77. The van der Waals surface area contributed by atoms with Crippen molar-refractivity contribution in [2.45, 2.75) is 13.2 Å². The van der Waals surface area contributed by atoms with Crippen molar-refractivity contribution in [1.82, 2.24) is 14.8 Å². The molecule has 0 amide bonds. The second kappa shape index (κ2) is 6.74. The predicted octanol–water partition coefficient (Wildman–Crippen LogP) is 2.27. The molecule has 0 bridgehead atoms. The number of rotatable bonds is 5. The summed E-state index contributed by atoms with van der Waals surface area (Å²) in [6.07, 6.45) is 5.12. The minimum Gasteiger partial charge on any atom is -0.459 e. The lowest BCUT2D eigenvalue weighted by molar-refractivity contribution is -0.145. The summed E-state index contributed by atoms with van der Waals surface area (Å²) in [5.41, 5.74) is 8.28. The van der Waals surface area contributed by atoms with Crippen LogP contribution in [0.4, 0.5) is 5.82 Å². The van der Waals surface area contributed by atoms with E-state index in [1.54, 1.807) is 29.3 Å². The largest absolute Gasteiger partial charge is 0.459 e. The van der Waals surface area contributed by atoms with E-state index >= 15 is 0 Å². The maximum Gasteiger partial charge on any atom is 0.328 e. The molecule has 1 aromatic carbocycles. The van der Waals surface area contributed by atoms with Gasteiger partial charge in [-0.25, -0.2) is 4.98 Å². The zero-order chi connectivity index (χ0) is 16.1. The smallest absolute Gasteiger partial charge is 0.328 e. The number of carbonyl (C=O) groups excluding carboxylic acids is 1. The normalized spacial score (nSPS) is 10.4. The molecule has 0 radical (unpaired) electrons. The van der Waals surface area contributed by atoms with Crippen LogP contribution in [0.2, 0.25) is 0 Å². The first-order valence-corrected chi connectivity index (χ1v) is 7.14. The van der Waals surface area contributed by atoms with Gasteiger partial charge in [-0.1, -0.05) is 30.3 Å². The van der Waals surface area contributed by atoms with Gasteiger partial charge in [0.25, 0.3) is 0 Å². The van der Waals surface area contributed by atoms with Crippen LogP contribution in [0, 0.1) is 0 Å². The average molecular weight is 308 g/mol. The highest BCUT2D eigenvalue weighted by molar-refractivity contribution is 5.69. The summed E-state index contributed by atoms with van der Waals surface area (Å²) in [6, 6.07) is 13.1. The van der Waals surface area contributed by atoms with E-state index in [2.05, 4.69) is 10.1 Å². The Kier molecular flexibility index (Phi) is 4.33. The van der Waals surface area contributed by atoms with Gasteiger partial charge in [-0.2, -0.15) is 5.10 Å². The van der Waals surface area contributed by atoms with E-state index in [4.69, 9.17) is 10.5 Å². The van der Waals surface area contributed by atoms with Crippen molar-refractivity contribution >= 4 is 11.8 Å². The zero-order valence-electron chi connectivity index (χ0n) is 12.4. The molecule has 0 saturated heterocycles. The van der Waals surface area contributed by atoms with Gasteiger partial charge in [0.15, 0.2) is 0 Å². The Morgan fingerprint density at radius 3 is 2.65 bits per heavy atom. The highest BCUT2D eigenvalue weighted by Crippen LogP contribution is 2.18. The molecule has 0 unspecified atom stereocenters. The molecule has 0 aliphatic rings. The molecule has 6 nitrogen and oxygen atoms in total. The van der Waals surface area contributed by atoms with E-state index in [9.17, 15) is 4.79 Å². The SMILES string of the molecule is Nc1ccc(-c2cnn(CC(=O)OCc3ccccc3)c2)cn1. The zero-order valence-corrected chi connectivity index (χ0v) is 12.4. The van der Waals surface area contributed by atoms with Crippen molar-refractivity contribution < 1.29 is 9.53 Å². The van der Waals surface area contributed by atoms with Crippen LogP contribution in [-0.4, -0.2) is 20.7 Å². The second-order valence-corrected chi connectivity index (χ2v) is 5.04. The molecular weight excluding hydrogens is 292 g/mol. The number of nitrogens with zero attached hydrogens (tertiary/aromatic N) is 3. The van der Waals surface area contributed by atoms with Crippen molar-refractivity contribution in [2.24, 2.45) is 0 Å². The van der Waals surface area contributed by atoms with Gasteiger partial charge < -0.3 is 10.5 Å². The van der Waals surface area contributed by atoms with Crippen LogP contribution in [-0.2, 0) is 22.7 Å². The van der Waals surface area contributed by atoms with Crippen LogP contribution < -0.4 is 5.73 Å². The van der Waals surface area contributed by atoms with Crippen LogP contribution >= 0.6 is 0 Å². The molecule has 116 valence electrons. The lowest BCUT2D eigenvalue weighted by atomic mass is 10.2. The monoisotopic (exact) mass is 308 g/mol. The van der Waals surface area contributed by atoms with E-state index in [0.29, 0.717) is 5.82 Å². The number of esters is 1. The molecule has 0 saturated carbocycles. The number of aromatic nitrogens is 3. The maximum atomic E-state index is 11.9. The summed E-state index contributed by atoms with van der Waals surface area (Å²) in [5, 5.41) is 4.17. The maximum absolute atomic E-state index is 11.9. The van der Waals surface area contributed by atoms with Crippen LogP contribution in [0.25, 0.3) is 11.1 Å². The summed E-state index contributed by atoms with van der Waals surface area (Å²) in [6.45, 7) is 0.324. The highest BCUT2D eigenvalue weighted by Gasteiger charge is 2.08. The number of pyridine rings is 1. The number of nitrogen functional groups attached to an aromatic ring is 1. The number of benzene rings is 1. The van der Waals surface area contributed by atoms with Gasteiger partial charge in [0.1, 0.15) is 19.0 Å². The molecule has 0 spiro atoms. The molecule has 2 aromatic heterocycles. The number of hydrogen-bond acceptors (Lipinski definition) is 5. The van der Waals surface area contributed by atoms with E-state index in [0.717, 1.165) is 16.7 Å². The summed E-state index contributed by atoms with van der Waals surface area (Å²) >= 11 is 0. The molecule has 0 atom stereocenters. The van der Waals surface area contributed by atoms with Gasteiger partial charge in [-0.3, -0.25) is 9.48 Å². The lowest BCUT2D eigenvalue weighted by Gasteiger charge is -2.05. The first-order valence-electron chi connectivity index (χ1n) is 7.14. The van der Waals surface area contributed by atoms with Crippen LogP contribution in [0.3, 0.4) is 0 Å². The quantitative estimate of drug-likeness (QED) is 0.731. The van der Waals surface area contributed by atoms with Crippen LogP contribution in [0.15, 0.2) is 61.1 Å². The lowest BCUT2D eigenvalue weighted by Crippen LogP contribution is -2.13. The van der Waals surface area contributed by atoms with Crippen molar-refractivity contribution in [3.63, 3.8) is 0 Å². The summed E-state index contributed by atoms with van der Waals surface area (Å²) in [4.78, 5) is 15.9. The minimum absolute atomic E-state index is 0.0647. The number of hydrogen-bond donors (Lipinski definition) is 1. The van der Waals surface area contributed by atoms with Crippen molar-refractivity contribution in [2.75, 3.05) is 5.73 Å². The Morgan fingerprint density at radius 2 is 1.91 bits per heavy atom. The molecule has 3 rings (SSSR count). The number of ether oxygens (including phenoxy) is 1. The van der Waals surface area contributed by atoms with Crippen molar-refractivity contribution in [3.8, 4) is 11.1 Å². The van der Waals surface area contributed by atoms with Gasteiger partial charge in [0, 0.05) is 23.5 Å². The average Bonchev–Trinajstić information content (AvgIpc) is 3.03. The first-order chi connectivity index (χ1) is 11.2. The molecule has 0 fully saturated rings. The van der Waals surface area contributed by atoms with E-state index in [-0.39, 0.29) is 19.1 Å². The molecule has 0 aliphatic heterocycles. The fourth-order valence-corrected chi connectivity index (χ4v) is 2.09. The van der Waals surface area contributed by atoms with E-state index in [1.807, 2.05) is 36.4 Å². The Morgan fingerprint density at radius 1 is 1.09 bits per heavy atom. The molecular formula is C17H16N4O2. The first kappa shape index (κ1) is 14.8. The Bertz CT molecular complexity index is 782. The van der Waals surface area contributed by atoms with Crippen LogP contribution in [0.1, 0.15) is 5.56 Å². The summed E-state index contributed by atoms with van der Waals surface area (Å²) in [7, 11) is 0. The van der Waals surface area contributed by atoms with E-state index in [1.165, 1.54) is 0 Å². The molecule has 2 N–H and O–H groups in total.